The fraction of sp³-hybridized carbons (Fsp3) is 0. The molecule has 5 N–H and O–H groups in total. The summed E-state index contributed by atoms with van der Waals surface area (Å²) in [6.07, 6.45) is 3.14. The number of nitrogens with two attached hydrogens (primary N) is 2. The van der Waals surface area contributed by atoms with Crippen LogP contribution in [0.2, 0.25) is 0 Å². The predicted octanol–water partition coefficient (Wildman–Crippen LogP) is 0.274. The van der Waals surface area contributed by atoms with E-state index in [-0.39, 0.29) is 11.1 Å². The first-order chi connectivity index (χ1) is 8.11. The van der Waals surface area contributed by atoms with E-state index < -0.39 is 11.8 Å². The van der Waals surface area contributed by atoms with Crippen LogP contribution in [0.5, 0.6) is 0 Å². The summed E-state index contributed by atoms with van der Waals surface area (Å²) in [4.78, 5) is 22.7. The fourth-order valence-corrected chi connectivity index (χ4v) is 1.66. The van der Waals surface area contributed by atoms with Gasteiger partial charge in [-0.25, -0.2) is 0 Å². The average Bonchev–Trinajstić information content (AvgIpc) is 2.81. The molecule has 6 nitrogen and oxygen atoms in total. The first-order valence-corrected chi connectivity index (χ1v) is 4.83. The van der Waals surface area contributed by atoms with Crippen molar-refractivity contribution in [3.63, 3.8) is 0 Å². The SMILES string of the molecule is NC(=O)c1cccc(-c2cn[nH]c2)c1C(N)=O. The van der Waals surface area contributed by atoms with Gasteiger partial charge < -0.3 is 11.5 Å². The van der Waals surface area contributed by atoms with Crippen molar-refractivity contribution in [1.29, 1.82) is 0 Å². The van der Waals surface area contributed by atoms with E-state index in [1.807, 2.05) is 0 Å². The number of aromatic nitrogens is 2. The van der Waals surface area contributed by atoms with Crippen molar-refractivity contribution in [3.8, 4) is 11.1 Å². The van der Waals surface area contributed by atoms with Crippen LogP contribution < -0.4 is 11.5 Å². The molecule has 0 aliphatic carbocycles. The van der Waals surface area contributed by atoms with Crippen LogP contribution in [0, 0.1) is 0 Å². The van der Waals surface area contributed by atoms with E-state index in [0.29, 0.717) is 11.1 Å². The summed E-state index contributed by atoms with van der Waals surface area (Å²) < 4.78 is 0. The molecule has 0 aliphatic rings. The molecule has 0 saturated carbocycles. The molecule has 1 aromatic carbocycles. The Morgan fingerprint density at radius 1 is 1.18 bits per heavy atom. The molecule has 2 rings (SSSR count). The van der Waals surface area contributed by atoms with E-state index in [0.717, 1.165) is 0 Å². The van der Waals surface area contributed by atoms with Gasteiger partial charge in [-0.15, -0.1) is 0 Å². The number of hydrogen-bond acceptors (Lipinski definition) is 3. The highest BCUT2D eigenvalue weighted by molar-refractivity contribution is 6.10. The summed E-state index contributed by atoms with van der Waals surface area (Å²) in [5.74, 6) is -1.39. The topological polar surface area (TPSA) is 115 Å². The minimum absolute atomic E-state index is 0.108. The Labute approximate surface area is 96.6 Å². The van der Waals surface area contributed by atoms with Gasteiger partial charge in [-0.3, -0.25) is 14.7 Å². The molecule has 6 heteroatoms. The molecule has 1 heterocycles. The highest BCUT2D eigenvalue weighted by Gasteiger charge is 2.18. The standard InChI is InChI=1S/C11H10N4O2/c12-10(16)8-3-1-2-7(9(8)11(13)17)6-4-14-15-5-6/h1-5H,(H2,12,16)(H2,13,17)(H,14,15). The summed E-state index contributed by atoms with van der Waals surface area (Å²) in [5, 5.41) is 6.40. The van der Waals surface area contributed by atoms with Crippen LogP contribution in [0.25, 0.3) is 11.1 Å². The lowest BCUT2D eigenvalue weighted by molar-refractivity contribution is 0.0968. The predicted molar refractivity (Wildman–Crippen MR) is 61.1 cm³/mol. The van der Waals surface area contributed by atoms with Crippen molar-refractivity contribution in [3.05, 3.63) is 41.7 Å². The van der Waals surface area contributed by atoms with Gasteiger partial charge in [0.15, 0.2) is 0 Å². The molecule has 1 aromatic heterocycles. The third-order valence-corrected chi connectivity index (χ3v) is 2.39. The lowest BCUT2D eigenvalue weighted by atomic mass is 9.96. The largest absolute Gasteiger partial charge is 0.366 e. The van der Waals surface area contributed by atoms with Gasteiger partial charge in [-0.1, -0.05) is 12.1 Å². The molecule has 0 bridgehead atoms. The number of H-pyrrole nitrogens is 1. The van der Waals surface area contributed by atoms with Crippen molar-refractivity contribution in [2.75, 3.05) is 0 Å². The van der Waals surface area contributed by atoms with Crippen molar-refractivity contribution >= 4 is 11.8 Å². The molecule has 0 fully saturated rings. The quantitative estimate of drug-likeness (QED) is 0.703. The monoisotopic (exact) mass is 230 g/mol. The van der Waals surface area contributed by atoms with Gasteiger partial charge >= 0.3 is 0 Å². The van der Waals surface area contributed by atoms with Crippen LogP contribution in [0.1, 0.15) is 20.7 Å². The molecule has 0 aliphatic heterocycles. The highest BCUT2D eigenvalue weighted by Crippen LogP contribution is 2.25. The Morgan fingerprint density at radius 2 is 1.94 bits per heavy atom. The smallest absolute Gasteiger partial charge is 0.250 e. The molecule has 86 valence electrons. The van der Waals surface area contributed by atoms with Crippen molar-refractivity contribution in [2.45, 2.75) is 0 Å². The number of rotatable bonds is 3. The molecule has 17 heavy (non-hydrogen) atoms. The average molecular weight is 230 g/mol. The molecular formula is C11H10N4O2. The minimum atomic E-state index is -0.699. The normalized spacial score (nSPS) is 10.1. The molecule has 0 atom stereocenters. The van der Waals surface area contributed by atoms with E-state index in [1.165, 1.54) is 12.3 Å². The van der Waals surface area contributed by atoms with Gasteiger partial charge in [0.2, 0.25) is 11.8 Å². The number of amides is 2. The molecular weight excluding hydrogens is 220 g/mol. The zero-order valence-corrected chi connectivity index (χ0v) is 8.81. The van der Waals surface area contributed by atoms with Crippen molar-refractivity contribution in [2.24, 2.45) is 11.5 Å². The summed E-state index contributed by atoms with van der Waals surface area (Å²) in [6, 6.07) is 4.78. The maximum Gasteiger partial charge on any atom is 0.250 e. The van der Waals surface area contributed by atoms with Crippen LogP contribution in [-0.2, 0) is 0 Å². The van der Waals surface area contributed by atoms with E-state index in [1.54, 1.807) is 18.3 Å². The zero-order chi connectivity index (χ0) is 12.4. The number of carbonyl (C=O) groups excluding carboxylic acids is 2. The van der Waals surface area contributed by atoms with E-state index in [2.05, 4.69) is 10.2 Å². The van der Waals surface area contributed by atoms with Crippen molar-refractivity contribution < 1.29 is 9.59 Å². The lowest BCUT2D eigenvalue weighted by Crippen LogP contribution is -2.21. The molecule has 2 amide bonds. The molecule has 0 unspecified atom stereocenters. The molecule has 0 radical (unpaired) electrons. The van der Waals surface area contributed by atoms with Crippen LogP contribution in [0.4, 0.5) is 0 Å². The molecule has 0 spiro atoms. The first-order valence-electron chi connectivity index (χ1n) is 4.83. The molecule has 2 aromatic rings. The van der Waals surface area contributed by atoms with Crippen molar-refractivity contribution in [1.82, 2.24) is 10.2 Å². The van der Waals surface area contributed by atoms with Crippen LogP contribution in [0.3, 0.4) is 0 Å². The number of aromatic amines is 1. The first kappa shape index (κ1) is 10.9. The van der Waals surface area contributed by atoms with E-state index in [4.69, 9.17) is 11.5 Å². The number of carbonyl (C=O) groups is 2. The molecule has 0 saturated heterocycles. The number of primary amides is 2. The Morgan fingerprint density at radius 3 is 2.47 bits per heavy atom. The Hall–Kier alpha value is -2.63. The van der Waals surface area contributed by atoms with Gasteiger partial charge in [-0.05, 0) is 11.6 Å². The van der Waals surface area contributed by atoms with Crippen LogP contribution in [0.15, 0.2) is 30.6 Å². The summed E-state index contributed by atoms with van der Waals surface area (Å²) in [5.41, 5.74) is 11.9. The number of hydrogen-bond donors (Lipinski definition) is 3. The Balaban J connectivity index is 2.72. The lowest BCUT2D eigenvalue weighted by Gasteiger charge is -2.08. The maximum atomic E-state index is 11.4. The minimum Gasteiger partial charge on any atom is -0.366 e. The highest BCUT2D eigenvalue weighted by atomic mass is 16.2. The van der Waals surface area contributed by atoms with Crippen LogP contribution in [-0.4, -0.2) is 22.0 Å². The fourth-order valence-electron chi connectivity index (χ4n) is 1.66. The van der Waals surface area contributed by atoms with Crippen LogP contribution >= 0.6 is 0 Å². The van der Waals surface area contributed by atoms with Gasteiger partial charge in [0, 0.05) is 11.8 Å². The second kappa shape index (κ2) is 4.09. The number of nitrogens with one attached hydrogen (secondary N) is 1. The maximum absolute atomic E-state index is 11.4. The van der Waals surface area contributed by atoms with E-state index in [9.17, 15) is 9.59 Å². The van der Waals surface area contributed by atoms with E-state index >= 15 is 0 Å². The van der Waals surface area contributed by atoms with Gasteiger partial charge in [-0.2, -0.15) is 5.10 Å². The summed E-state index contributed by atoms with van der Waals surface area (Å²) >= 11 is 0. The summed E-state index contributed by atoms with van der Waals surface area (Å²) in [7, 11) is 0. The zero-order valence-electron chi connectivity index (χ0n) is 8.81. The third-order valence-electron chi connectivity index (χ3n) is 2.39. The Bertz CT molecular complexity index is 575. The van der Waals surface area contributed by atoms with Gasteiger partial charge in [0.25, 0.3) is 0 Å². The second-order valence-corrected chi connectivity index (χ2v) is 3.44. The summed E-state index contributed by atoms with van der Waals surface area (Å²) in [6.45, 7) is 0. The number of benzene rings is 1. The van der Waals surface area contributed by atoms with Gasteiger partial charge in [0.1, 0.15) is 0 Å². The number of nitrogens with zero attached hydrogens (tertiary/aromatic N) is 1. The Kier molecular flexibility index (Phi) is 2.61. The third kappa shape index (κ3) is 1.87. The van der Waals surface area contributed by atoms with Gasteiger partial charge in [0.05, 0.1) is 17.3 Å². The second-order valence-electron chi connectivity index (χ2n) is 3.44.